The third-order valence-corrected chi connectivity index (χ3v) is 7.17. The second-order valence-corrected chi connectivity index (χ2v) is 8.66. The Hall–Kier alpha value is -2.12. The van der Waals surface area contributed by atoms with Crippen LogP contribution in [0.15, 0.2) is 45.7 Å². The van der Waals surface area contributed by atoms with Crippen molar-refractivity contribution in [2.24, 2.45) is 7.05 Å². The van der Waals surface area contributed by atoms with Crippen LogP contribution in [0.2, 0.25) is 0 Å². The first-order valence-corrected chi connectivity index (χ1v) is 11.0. The van der Waals surface area contributed by atoms with E-state index in [9.17, 15) is 4.79 Å². The van der Waals surface area contributed by atoms with Crippen molar-refractivity contribution in [3.63, 3.8) is 0 Å². The quantitative estimate of drug-likeness (QED) is 0.497. The van der Waals surface area contributed by atoms with Gasteiger partial charge in [0.25, 0.3) is 11.7 Å². The molecule has 0 amide bonds. The highest BCUT2D eigenvalue weighted by Crippen LogP contribution is 2.35. The fourth-order valence-corrected chi connectivity index (χ4v) is 5.40. The lowest BCUT2D eigenvalue weighted by Crippen LogP contribution is -2.48. The number of fused-ring (bicyclic) bond motifs is 1. The van der Waals surface area contributed by atoms with Gasteiger partial charge in [-0.25, -0.2) is 14.3 Å². The normalized spacial score (nSPS) is 16.2. The van der Waals surface area contributed by atoms with Gasteiger partial charge in [-0.1, -0.05) is 42.1 Å². The van der Waals surface area contributed by atoms with Crippen LogP contribution in [0.4, 0.5) is 0 Å². The summed E-state index contributed by atoms with van der Waals surface area (Å²) in [4.78, 5) is 19.3. The monoisotopic (exact) mass is 400 g/mol. The summed E-state index contributed by atoms with van der Waals surface area (Å²) in [5.74, 6) is 1.62. The lowest BCUT2D eigenvalue weighted by Gasteiger charge is -2.23. The van der Waals surface area contributed by atoms with Gasteiger partial charge in [-0.3, -0.25) is 0 Å². The van der Waals surface area contributed by atoms with Crippen molar-refractivity contribution in [1.82, 2.24) is 9.55 Å². The highest BCUT2D eigenvalue weighted by atomic mass is 32.2. The Labute approximate surface area is 166 Å². The van der Waals surface area contributed by atoms with E-state index in [1.54, 1.807) is 30.2 Å². The minimum atomic E-state index is 0.00921. The van der Waals surface area contributed by atoms with Gasteiger partial charge >= 0.3 is 5.56 Å². The average Bonchev–Trinajstić information content (AvgIpc) is 3.19. The SMILES string of the molecule is COc1c(-c2ccccc2)c(=O)n2c([n+]1C)CCCC2c1cnc(SC)s1. The minimum absolute atomic E-state index is 0.00921. The summed E-state index contributed by atoms with van der Waals surface area (Å²) in [7, 11) is 3.62. The van der Waals surface area contributed by atoms with E-state index < -0.39 is 0 Å². The van der Waals surface area contributed by atoms with Crippen molar-refractivity contribution in [2.75, 3.05) is 13.4 Å². The van der Waals surface area contributed by atoms with Crippen LogP contribution in [0.3, 0.4) is 0 Å². The van der Waals surface area contributed by atoms with Gasteiger partial charge in [-0.05, 0) is 24.7 Å². The van der Waals surface area contributed by atoms with Crippen LogP contribution < -0.4 is 14.9 Å². The molecule has 3 heterocycles. The molecule has 7 heteroatoms. The van der Waals surface area contributed by atoms with E-state index in [2.05, 4.69) is 4.98 Å². The Balaban J connectivity index is 1.98. The number of thiazole rings is 1. The molecule has 1 aliphatic rings. The largest absolute Gasteiger partial charge is 0.465 e. The Morgan fingerprint density at radius 3 is 2.78 bits per heavy atom. The molecule has 1 atom stereocenters. The molecular weight excluding hydrogens is 378 g/mol. The summed E-state index contributed by atoms with van der Waals surface area (Å²) < 4.78 is 10.7. The van der Waals surface area contributed by atoms with Crippen molar-refractivity contribution in [2.45, 2.75) is 29.6 Å². The van der Waals surface area contributed by atoms with Gasteiger partial charge in [0.05, 0.1) is 19.0 Å². The molecule has 0 aliphatic carbocycles. The predicted octanol–water partition coefficient (Wildman–Crippen LogP) is 3.45. The molecule has 0 saturated heterocycles. The lowest BCUT2D eigenvalue weighted by atomic mass is 10.0. The van der Waals surface area contributed by atoms with Crippen molar-refractivity contribution < 1.29 is 9.30 Å². The van der Waals surface area contributed by atoms with Gasteiger partial charge < -0.3 is 4.74 Å². The molecule has 0 spiro atoms. The summed E-state index contributed by atoms with van der Waals surface area (Å²) in [5.41, 5.74) is 1.50. The molecule has 140 valence electrons. The highest BCUT2D eigenvalue weighted by molar-refractivity contribution is 8.00. The number of thioether (sulfide) groups is 1. The predicted molar refractivity (Wildman–Crippen MR) is 109 cm³/mol. The molecule has 27 heavy (non-hydrogen) atoms. The molecule has 0 bridgehead atoms. The van der Waals surface area contributed by atoms with E-state index in [0.717, 1.165) is 39.9 Å². The summed E-state index contributed by atoms with van der Waals surface area (Å²) >= 11 is 3.32. The van der Waals surface area contributed by atoms with Crippen molar-refractivity contribution in [1.29, 1.82) is 0 Å². The fraction of sp³-hybridized carbons (Fsp3) is 0.350. The molecule has 0 fully saturated rings. The Bertz CT molecular complexity index is 1030. The Morgan fingerprint density at radius 2 is 2.11 bits per heavy atom. The molecule has 0 saturated carbocycles. The number of hydrogen-bond acceptors (Lipinski definition) is 5. The molecule has 0 radical (unpaired) electrons. The summed E-state index contributed by atoms with van der Waals surface area (Å²) in [6.07, 6.45) is 6.81. The lowest BCUT2D eigenvalue weighted by molar-refractivity contribution is -0.689. The molecule has 4 rings (SSSR count). The average molecular weight is 401 g/mol. The van der Waals surface area contributed by atoms with Gasteiger partial charge in [0.2, 0.25) is 0 Å². The molecule has 3 aromatic rings. The molecule has 0 N–H and O–H groups in total. The van der Waals surface area contributed by atoms with Crippen LogP contribution in [0.1, 0.15) is 29.6 Å². The number of aromatic nitrogens is 3. The van der Waals surface area contributed by atoms with E-state index in [1.165, 1.54) is 0 Å². The fourth-order valence-electron chi connectivity index (χ4n) is 3.85. The number of nitrogens with zero attached hydrogens (tertiary/aromatic N) is 3. The Kier molecular flexibility index (Phi) is 5.06. The topological polar surface area (TPSA) is 48.0 Å². The van der Waals surface area contributed by atoms with Gasteiger partial charge in [-0.2, -0.15) is 4.57 Å². The van der Waals surface area contributed by atoms with E-state index in [-0.39, 0.29) is 11.6 Å². The number of benzene rings is 1. The number of ether oxygens (including phenoxy) is 1. The van der Waals surface area contributed by atoms with Crippen molar-refractivity contribution in [3.8, 4) is 17.0 Å². The first-order valence-electron chi connectivity index (χ1n) is 8.92. The second-order valence-electron chi connectivity index (χ2n) is 6.54. The van der Waals surface area contributed by atoms with Gasteiger partial charge in [0, 0.05) is 12.6 Å². The molecule has 1 unspecified atom stereocenters. The zero-order chi connectivity index (χ0) is 19.0. The zero-order valence-corrected chi connectivity index (χ0v) is 17.3. The first kappa shape index (κ1) is 18.3. The third-order valence-electron chi connectivity index (χ3n) is 5.07. The second kappa shape index (κ2) is 7.48. The third kappa shape index (κ3) is 3.08. The summed E-state index contributed by atoms with van der Waals surface area (Å²) in [6.45, 7) is 0. The van der Waals surface area contributed by atoms with Gasteiger partial charge in [-0.15, -0.1) is 11.3 Å². The van der Waals surface area contributed by atoms with Crippen LogP contribution in [-0.4, -0.2) is 22.9 Å². The summed E-state index contributed by atoms with van der Waals surface area (Å²) in [6, 6.07) is 9.80. The zero-order valence-electron chi connectivity index (χ0n) is 15.6. The summed E-state index contributed by atoms with van der Waals surface area (Å²) in [5, 5.41) is 0. The smallest absolute Gasteiger partial charge is 0.349 e. The molecule has 1 aromatic carbocycles. The van der Waals surface area contributed by atoms with E-state index >= 15 is 0 Å². The minimum Gasteiger partial charge on any atom is -0.465 e. The van der Waals surface area contributed by atoms with Crippen LogP contribution in [-0.2, 0) is 13.5 Å². The molecular formula is C20H22N3O2S2+. The van der Waals surface area contributed by atoms with Crippen LogP contribution in [0, 0.1) is 0 Å². The van der Waals surface area contributed by atoms with E-state index in [4.69, 9.17) is 4.74 Å². The number of rotatable bonds is 4. The van der Waals surface area contributed by atoms with Crippen LogP contribution in [0.5, 0.6) is 5.88 Å². The van der Waals surface area contributed by atoms with Crippen molar-refractivity contribution in [3.05, 3.63) is 57.6 Å². The maximum absolute atomic E-state index is 13.7. The van der Waals surface area contributed by atoms with Crippen LogP contribution in [0.25, 0.3) is 11.1 Å². The highest BCUT2D eigenvalue weighted by Gasteiger charge is 2.36. The first-order chi connectivity index (χ1) is 13.2. The van der Waals surface area contributed by atoms with Gasteiger partial charge in [0.1, 0.15) is 10.4 Å². The molecule has 2 aromatic heterocycles. The maximum atomic E-state index is 13.7. The number of methoxy groups -OCH3 is 1. The maximum Gasteiger partial charge on any atom is 0.349 e. The van der Waals surface area contributed by atoms with E-state index in [1.807, 2.05) is 59.0 Å². The van der Waals surface area contributed by atoms with Crippen molar-refractivity contribution >= 4 is 23.1 Å². The van der Waals surface area contributed by atoms with Gasteiger partial charge in [0.15, 0.2) is 5.56 Å². The molecule has 5 nitrogen and oxygen atoms in total. The standard InChI is InChI=1S/C20H22N3O2S2/c1-22-16-11-7-10-14(15-12-21-20(26-3)27-15)23(16)18(24)17(19(22)25-2)13-8-5-4-6-9-13/h4-6,8-9,12,14H,7,10-11H2,1-3H3/q+1. The van der Waals surface area contributed by atoms with E-state index in [0.29, 0.717) is 11.4 Å². The van der Waals surface area contributed by atoms with Crippen LogP contribution >= 0.6 is 23.1 Å². The number of hydrogen-bond donors (Lipinski definition) is 0. The Morgan fingerprint density at radius 1 is 1.33 bits per heavy atom. The molecule has 1 aliphatic heterocycles.